The van der Waals surface area contributed by atoms with Gasteiger partial charge in [0.2, 0.25) is 5.91 Å². The molecule has 21 heavy (non-hydrogen) atoms. The maximum Gasteiger partial charge on any atom is 0.282 e. The summed E-state index contributed by atoms with van der Waals surface area (Å²) in [6.45, 7) is 4.09. The predicted molar refractivity (Wildman–Crippen MR) is 78.7 cm³/mol. The van der Waals surface area contributed by atoms with Crippen LogP contribution in [0.4, 0.5) is 0 Å². The molecule has 2 aliphatic rings. The molecule has 2 rings (SSSR count). The molecule has 1 saturated heterocycles. The van der Waals surface area contributed by atoms with E-state index in [1.54, 1.807) is 0 Å². The first-order valence-corrected chi connectivity index (χ1v) is 8.91. The van der Waals surface area contributed by atoms with Crippen molar-refractivity contribution in [1.82, 2.24) is 8.61 Å². The van der Waals surface area contributed by atoms with Crippen molar-refractivity contribution in [2.45, 2.75) is 57.8 Å². The van der Waals surface area contributed by atoms with E-state index in [1.165, 1.54) is 8.61 Å². The predicted octanol–water partition coefficient (Wildman–Crippen LogP) is 0.0703. The SMILES string of the molecule is C[C@H]1CN(S(=O)(=O)N(CC(N)=O)C2CCCC2)C[C@H](C)O1. The normalized spacial score (nSPS) is 29.1. The van der Waals surface area contributed by atoms with Gasteiger partial charge in [0.25, 0.3) is 10.2 Å². The van der Waals surface area contributed by atoms with E-state index in [2.05, 4.69) is 0 Å². The molecule has 1 aliphatic heterocycles. The molecule has 0 aromatic rings. The van der Waals surface area contributed by atoms with Crippen molar-refractivity contribution in [1.29, 1.82) is 0 Å². The van der Waals surface area contributed by atoms with Crippen LogP contribution < -0.4 is 5.73 Å². The Morgan fingerprint density at radius 3 is 2.24 bits per heavy atom. The van der Waals surface area contributed by atoms with Gasteiger partial charge >= 0.3 is 0 Å². The molecule has 2 atom stereocenters. The molecule has 8 heteroatoms. The lowest BCUT2D eigenvalue weighted by molar-refractivity contribution is -0.118. The fourth-order valence-electron chi connectivity index (χ4n) is 3.21. The van der Waals surface area contributed by atoms with Gasteiger partial charge in [-0.1, -0.05) is 12.8 Å². The molecule has 1 aliphatic carbocycles. The monoisotopic (exact) mass is 319 g/mol. The fourth-order valence-corrected chi connectivity index (χ4v) is 5.18. The highest BCUT2D eigenvalue weighted by Gasteiger charge is 2.39. The fraction of sp³-hybridized carbons (Fsp3) is 0.923. The summed E-state index contributed by atoms with van der Waals surface area (Å²) in [4.78, 5) is 11.3. The highest BCUT2D eigenvalue weighted by Crippen LogP contribution is 2.28. The highest BCUT2D eigenvalue weighted by molar-refractivity contribution is 7.86. The van der Waals surface area contributed by atoms with Gasteiger partial charge < -0.3 is 10.5 Å². The van der Waals surface area contributed by atoms with Gasteiger partial charge in [-0.05, 0) is 26.7 Å². The summed E-state index contributed by atoms with van der Waals surface area (Å²) < 4.78 is 34.1. The number of ether oxygens (including phenoxy) is 1. The molecule has 0 spiro atoms. The maximum atomic E-state index is 12.9. The van der Waals surface area contributed by atoms with Crippen LogP contribution in [0.1, 0.15) is 39.5 Å². The van der Waals surface area contributed by atoms with Crippen LogP contribution in [0.5, 0.6) is 0 Å². The van der Waals surface area contributed by atoms with E-state index in [-0.39, 0.29) is 24.8 Å². The van der Waals surface area contributed by atoms with Gasteiger partial charge in [0.15, 0.2) is 0 Å². The molecule has 1 heterocycles. The van der Waals surface area contributed by atoms with Crippen LogP contribution in [-0.2, 0) is 19.7 Å². The summed E-state index contributed by atoms with van der Waals surface area (Å²) in [6.07, 6.45) is 3.27. The number of primary amides is 1. The molecular formula is C13H25N3O4S. The topological polar surface area (TPSA) is 92.9 Å². The Morgan fingerprint density at radius 2 is 1.76 bits per heavy atom. The Balaban J connectivity index is 2.21. The lowest BCUT2D eigenvalue weighted by Crippen LogP contribution is -2.56. The van der Waals surface area contributed by atoms with E-state index >= 15 is 0 Å². The zero-order valence-corrected chi connectivity index (χ0v) is 13.5. The van der Waals surface area contributed by atoms with Crippen molar-refractivity contribution >= 4 is 16.1 Å². The molecule has 122 valence electrons. The van der Waals surface area contributed by atoms with Crippen molar-refractivity contribution in [3.8, 4) is 0 Å². The molecular weight excluding hydrogens is 294 g/mol. The Kier molecular flexibility index (Phi) is 5.24. The quantitative estimate of drug-likeness (QED) is 0.776. The summed E-state index contributed by atoms with van der Waals surface area (Å²) in [5.74, 6) is -0.611. The van der Waals surface area contributed by atoms with Crippen LogP contribution in [0.15, 0.2) is 0 Å². The molecule has 0 unspecified atom stereocenters. The average molecular weight is 319 g/mol. The molecule has 0 bridgehead atoms. The Hall–Kier alpha value is -0.700. The second-order valence-electron chi connectivity index (χ2n) is 6.03. The number of carbonyl (C=O) groups is 1. The second-order valence-corrected chi connectivity index (χ2v) is 7.91. The molecule has 0 radical (unpaired) electrons. The third kappa shape index (κ3) is 3.94. The summed E-state index contributed by atoms with van der Waals surface area (Å²) >= 11 is 0. The van der Waals surface area contributed by atoms with Gasteiger partial charge in [-0.3, -0.25) is 4.79 Å². The number of carbonyl (C=O) groups excluding carboxylic acids is 1. The number of nitrogens with zero attached hydrogens (tertiary/aromatic N) is 2. The molecule has 1 saturated carbocycles. The van der Waals surface area contributed by atoms with E-state index in [0.29, 0.717) is 13.1 Å². The Morgan fingerprint density at radius 1 is 1.24 bits per heavy atom. The summed E-state index contributed by atoms with van der Waals surface area (Å²) in [6, 6.07) is -0.115. The highest BCUT2D eigenvalue weighted by atomic mass is 32.2. The minimum atomic E-state index is -3.68. The largest absolute Gasteiger partial charge is 0.373 e. The first-order chi connectivity index (χ1) is 9.80. The Labute approximate surface area is 126 Å². The molecule has 2 N–H and O–H groups in total. The lowest BCUT2D eigenvalue weighted by atomic mass is 10.2. The van der Waals surface area contributed by atoms with Crippen molar-refractivity contribution in [2.75, 3.05) is 19.6 Å². The summed E-state index contributed by atoms with van der Waals surface area (Å²) in [5.41, 5.74) is 5.25. The van der Waals surface area contributed by atoms with Crippen molar-refractivity contribution in [3.05, 3.63) is 0 Å². The zero-order chi connectivity index (χ0) is 15.6. The Bertz CT molecular complexity index is 466. The standard InChI is InChI=1S/C13H25N3O4S/c1-10-7-15(8-11(2)20-10)21(18,19)16(9-13(14)17)12-5-3-4-6-12/h10-12H,3-9H2,1-2H3,(H2,14,17)/t10-,11-/m0/s1. The van der Waals surface area contributed by atoms with Crippen LogP contribution in [0, 0.1) is 0 Å². The summed E-state index contributed by atoms with van der Waals surface area (Å²) in [5, 5.41) is 0. The number of hydrogen-bond donors (Lipinski definition) is 1. The van der Waals surface area contributed by atoms with Gasteiger partial charge in [0, 0.05) is 19.1 Å². The minimum absolute atomic E-state index is 0.115. The van der Waals surface area contributed by atoms with Crippen molar-refractivity contribution in [2.24, 2.45) is 5.73 Å². The van der Waals surface area contributed by atoms with Crippen LogP contribution in [-0.4, -0.2) is 60.8 Å². The third-order valence-electron chi connectivity index (χ3n) is 4.05. The lowest BCUT2D eigenvalue weighted by Gasteiger charge is -2.38. The molecule has 1 amide bonds. The number of nitrogens with two attached hydrogens (primary N) is 1. The average Bonchev–Trinajstić information content (AvgIpc) is 2.87. The first-order valence-electron chi connectivity index (χ1n) is 7.51. The number of morpholine rings is 1. The zero-order valence-electron chi connectivity index (χ0n) is 12.7. The van der Waals surface area contributed by atoms with Gasteiger partial charge in [-0.15, -0.1) is 0 Å². The van der Waals surface area contributed by atoms with Crippen molar-refractivity contribution in [3.63, 3.8) is 0 Å². The number of rotatable bonds is 5. The maximum absolute atomic E-state index is 12.9. The van der Waals surface area contributed by atoms with Crippen LogP contribution in [0.3, 0.4) is 0 Å². The van der Waals surface area contributed by atoms with Crippen LogP contribution >= 0.6 is 0 Å². The van der Waals surface area contributed by atoms with Crippen LogP contribution in [0.25, 0.3) is 0 Å². The van der Waals surface area contributed by atoms with E-state index in [1.807, 2.05) is 13.8 Å². The molecule has 2 fully saturated rings. The molecule has 0 aromatic heterocycles. The van der Waals surface area contributed by atoms with E-state index < -0.39 is 16.1 Å². The van der Waals surface area contributed by atoms with Gasteiger partial charge in [-0.2, -0.15) is 17.0 Å². The third-order valence-corrected chi connectivity index (χ3v) is 6.02. The van der Waals surface area contributed by atoms with Gasteiger partial charge in [0.05, 0.1) is 18.8 Å². The van der Waals surface area contributed by atoms with Crippen LogP contribution in [0.2, 0.25) is 0 Å². The summed E-state index contributed by atoms with van der Waals surface area (Å²) in [7, 11) is -3.68. The first kappa shape index (κ1) is 16.7. The molecule has 7 nitrogen and oxygen atoms in total. The van der Waals surface area contributed by atoms with Gasteiger partial charge in [0.1, 0.15) is 0 Å². The smallest absolute Gasteiger partial charge is 0.282 e. The van der Waals surface area contributed by atoms with Gasteiger partial charge in [-0.25, -0.2) is 0 Å². The van der Waals surface area contributed by atoms with Crippen molar-refractivity contribution < 1.29 is 17.9 Å². The van der Waals surface area contributed by atoms with E-state index in [4.69, 9.17) is 10.5 Å². The number of hydrogen-bond acceptors (Lipinski definition) is 4. The number of amides is 1. The molecule has 0 aromatic carbocycles. The second kappa shape index (κ2) is 6.60. The van der Waals surface area contributed by atoms with E-state index in [9.17, 15) is 13.2 Å². The minimum Gasteiger partial charge on any atom is -0.373 e. The van der Waals surface area contributed by atoms with E-state index in [0.717, 1.165) is 25.7 Å².